The highest BCUT2D eigenvalue weighted by Gasteiger charge is 2.76. The van der Waals surface area contributed by atoms with Crippen LogP contribution in [0.5, 0.6) is 0 Å². The Morgan fingerprint density at radius 3 is 1.41 bits per heavy atom. The van der Waals surface area contributed by atoms with Gasteiger partial charge < -0.3 is 24.4 Å². The van der Waals surface area contributed by atoms with Crippen LogP contribution in [0.4, 0.5) is 0 Å². The SMILES string of the molecule is O=C(O)C1(C2(C3(C(=O)O)CCC4OC4C3)CCC3OC3C2)CCC2OC2C1. The first-order valence-corrected chi connectivity index (χ1v) is 10.3. The van der Waals surface area contributed by atoms with Gasteiger partial charge in [0.2, 0.25) is 0 Å². The molecule has 0 bridgehead atoms. The van der Waals surface area contributed by atoms with Gasteiger partial charge in [-0.1, -0.05) is 0 Å². The number of carboxylic acids is 2. The predicted molar refractivity (Wildman–Crippen MR) is 90.1 cm³/mol. The Labute approximate surface area is 157 Å². The van der Waals surface area contributed by atoms with Gasteiger partial charge in [-0.15, -0.1) is 0 Å². The average Bonchev–Trinajstić information content (AvgIpc) is 3.52. The predicted octanol–water partition coefficient (Wildman–Crippen LogP) is 1.97. The molecule has 3 saturated heterocycles. The molecule has 8 atom stereocenters. The van der Waals surface area contributed by atoms with Crippen LogP contribution in [0, 0.1) is 16.2 Å². The summed E-state index contributed by atoms with van der Waals surface area (Å²) in [6, 6.07) is 0. The number of epoxide rings is 3. The molecule has 3 saturated carbocycles. The van der Waals surface area contributed by atoms with Crippen molar-refractivity contribution in [2.24, 2.45) is 16.2 Å². The molecule has 27 heavy (non-hydrogen) atoms. The summed E-state index contributed by atoms with van der Waals surface area (Å²) in [5.41, 5.74) is -2.91. The molecule has 3 aliphatic carbocycles. The summed E-state index contributed by atoms with van der Waals surface area (Å²) < 4.78 is 17.2. The number of hydrogen-bond acceptors (Lipinski definition) is 5. The topological polar surface area (TPSA) is 112 Å². The van der Waals surface area contributed by atoms with Gasteiger partial charge in [-0.2, -0.15) is 0 Å². The van der Waals surface area contributed by atoms with E-state index in [9.17, 15) is 19.8 Å². The van der Waals surface area contributed by atoms with Crippen LogP contribution in [-0.2, 0) is 23.8 Å². The third-order valence-corrected chi connectivity index (χ3v) is 8.93. The molecule has 0 aromatic carbocycles. The van der Waals surface area contributed by atoms with Crippen LogP contribution >= 0.6 is 0 Å². The molecule has 6 fully saturated rings. The van der Waals surface area contributed by atoms with Crippen LogP contribution in [-0.4, -0.2) is 58.8 Å². The van der Waals surface area contributed by atoms with E-state index in [4.69, 9.17) is 14.2 Å². The highest BCUT2D eigenvalue weighted by atomic mass is 16.6. The van der Waals surface area contributed by atoms with Gasteiger partial charge in [-0.05, 0) is 57.8 Å². The van der Waals surface area contributed by atoms with E-state index in [0.29, 0.717) is 51.4 Å². The van der Waals surface area contributed by atoms with Crippen molar-refractivity contribution in [3.05, 3.63) is 0 Å². The molecule has 3 heterocycles. The van der Waals surface area contributed by atoms with E-state index in [1.807, 2.05) is 0 Å². The zero-order valence-electron chi connectivity index (χ0n) is 15.3. The molecule has 2 N–H and O–H groups in total. The smallest absolute Gasteiger partial charge is 0.310 e. The Balaban J connectivity index is 1.51. The second-order valence-electron chi connectivity index (χ2n) is 9.72. The highest BCUT2D eigenvalue weighted by Crippen LogP contribution is 2.72. The van der Waals surface area contributed by atoms with Crippen molar-refractivity contribution < 1.29 is 34.0 Å². The maximum atomic E-state index is 12.8. The van der Waals surface area contributed by atoms with Crippen molar-refractivity contribution in [2.75, 3.05) is 0 Å². The number of carboxylic acid groups (broad SMARTS) is 2. The lowest BCUT2D eigenvalue weighted by Crippen LogP contribution is -2.64. The summed E-state index contributed by atoms with van der Waals surface area (Å²) in [5, 5.41) is 21.1. The molecule has 7 heteroatoms. The Bertz CT molecular complexity index is 675. The molecule has 0 radical (unpaired) electrons. The van der Waals surface area contributed by atoms with E-state index in [2.05, 4.69) is 0 Å². The minimum Gasteiger partial charge on any atom is -0.481 e. The van der Waals surface area contributed by atoms with Crippen LogP contribution in [0.25, 0.3) is 0 Å². The summed E-state index contributed by atoms with van der Waals surface area (Å²) in [6.45, 7) is 0. The molecular weight excluding hydrogens is 352 g/mol. The second-order valence-corrected chi connectivity index (χ2v) is 9.72. The Hall–Kier alpha value is -1.18. The van der Waals surface area contributed by atoms with Gasteiger partial charge in [-0.25, -0.2) is 0 Å². The van der Waals surface area contributed by atoms with Crippen molar-refractivity contribution in [3.63, 3.8) is 0 Å². The standard InChI is InChI=1S/C20H26O7/c21-16(22)18(4-1-10-13(7-18)25-10)20(6-3-12-15(9-20)27-12)19(17(23)24)5-2-11-14(8-19)26-11/h10-15H,1-9H2,(H,21,22)(H,23,24). The summed E-state index contributed by atoms with van der Waals surface area (Å²) >= 11 is 0. The van der Waals surface area contributed by atoms with Gasteiger partial charge in [0.25, 0.3) is 0 Å². The third-order valence-electron chi connectivity index (χ3n) is 8.93. The maximum absolute atomic E-state index is 12.8. The molecule has 148 valence electrons. The molecule has 0 aromatic rings. The van der Waals surface area contributed by atoms with Crippen molar-refractivity contribution in [2.45, 2.75) is 94.4 Å². The molecule has 8 unspecified atom stereocenters. The average molecular weight is 378 g/mol. The van der Waals surface area contributed by atoms with Gasteiger partial charge in [0, 0.05) is 5.41 Å². The van der Waals surface area contributed by atoms with E-state index in [0.717, 1.165) is 6.42 Å². The molecule has 0 amide bonds. The summed E-state index contributed by atoms with van der Waals surface area (Å²) in [4.78, 5) is 25.7. The second kappa shape index (κ2) is 5.05. The fourth-order valence-electron chi connectivity index (χ4n) is 7.33. The zero-order valence-corrected chi connectivity index (χ0v) is 15.3. The van der Waals surface area contributed by atoms with Crippen molar-refractivity contribution >= 4 is 11.9 Å². The Morgan fingerprint density at radius 1 is 0.630 bits per heavy atom. The van der Waals surface area contributed by atoms with Crippen molar-refractivity contribution in [1.82, 2.24) is 0 Å². The molecule has 3 aliphatic heterocycles. The first-order valence-electron chi connectivity index (χ1n) is 10.3. The lowest BCUT2D eigenvalue weighted by molar-refractivity contribution is -0.198. The van der Waals surface area contributed by atoms with Crippen LogP contribution in [0.1, 0.15) is 57.8 Å². The van der Waals surface area contributed by atoms with Crippen LogP contribution in [0.2, 0.25) is 0 Å². The number of ether oxygens (including phenoxy) is 3. The normalized spacial score (nSPS) is 57.6. The lowest BCUT2D eigenvalue weighted by Gasteiger charge is -2.59. The summed E-state index contributed by atoms with van der Waals surface area (Å²) in [7, 11) is 0. The van der Waals surface area contributed by atoms with Gasteiger partial charge in [0.05, 0.1) is 47.5 Å². The largest absolute Gasteiger partial charge is 0.481 e. The molecular formula is C20H26O7. The first-order chi connectivity index (χ1) is 12.9. The fourth-order valence-corrected chi connectivity index (χ4v) is 7.33. The molecule has 6 aliphatic rings. The number of fused-ring (bicyclic) bond motifs is 3. The van der Waals surface area contributed by atoms with Crippen LogP contribution in [0.3, 0.4) is 0 Å². The summed E-state index contributed by atoms with van der Waals surface area (Å²) in [6.07, 6.45) is 5.74. The monoisotopic (exact) mass is 378 g/mol. The van der Waals surface area contributed by atoms with Gasteiger partial charge >= 0.3 is 11.9 Å². The highest BCUT2D eigenvalue weighted by molar-refractivity contribution is 5.82. The van der Waals surface area contributed by atoms with E-state index < -0.39 is 28.2 Å². The fraction of sp³-hybridized carbons (Fsp3) is 0.900. The molecule has 0 aromatic heterocycles. The third kappa shape index (κ3) is 2.03. The Kier molecular flexibility index (Phi) is 3.13. The van der Waals surface area contributed by atoms with E-state index in [1.165, 1.54) is 0 Å². The Morgan fingerprint density at radius 2 is 1.04 bits per heavy atom. The summed E-state index contributed by atoms with van der Waals surface area (Å²) in [5.74, 6) is -1.68. The van der Waals surface area contributed by atoms with Crippen LogP contribution in [0.15, 0.2) is 0 Å². The first kappa shape index (κ1) is 16.7. The number of rotatable bonds is 4. The maximum Gasteiger partial charge on any atom is 0.310 e. The van der Waals surface area contributed by atoms with E-state index >= 15 is 0 Å². The number of carbonyl (C=O) groups is 2. The lowest BCUT2D eigenvalue weighted by atomic mass is 9.40. The van der Waals surface area contributed by atoms with Gasteiger partial charge in [0.1, 0.15) is 0 Å². The van der Waals surface area contributed by atoms with Crippen molar-refractivity contribution in [1.29, 1.82) is 0 Å². The van der Waals surface area contributed by atoms with E-state index in [1.54, 1.807) is 0 Å². The van der Waals surface area contributed by atoms with Crippen LogP contribution < -0.4 is 0 Å². The number of aliphatic carboxylic acids is 2. The molecule has 6 rings (SSSR count). The van der Waals surface area contributed by atoms with E-state index in [-0.39, 0.29) is 36.6 Å². The molecule has 7 nitrogen and oxygen atoms in total. The zero-order chi connectivity index (χ0) is 18.6. The minimum atomic E-state index is -1.05. The van der Waals surface area contributed by atoms with Gasteiger partial charge in [0.15, 0.2) is 0 Å². The quantitative estimate of drug-likeness (QED) is 0.719. The number of hydrogen-bond donors (Lipinski definition) is 2. The molecule has 0 spiro atoms. The minimum absolute atomic E-state index is 0.0156. The van der Waals surface area contributed by atoms with Gasteiger partial charge in [-0.3, -0.25) is 9.59 Å². The van der Waals surface area contributed by atoms with Crippen molar-refractivity contribution in [3.8, 4) is 0 Å².